The van der Waals surface area contributed by atoms with Crippen molar-refractivity contribution in [3.05, 3.63) is 71.9 Å². The van der Waals surface area contributed by atoms with Gasteiger partial charge in [0.2, 0.25) is 11.8 Å². The zero-order chi connectivity index (χ0) is 23.9. The number of carbonyl (C=O) groups excluding carboxylic acids is 2. The first-order valence-electron chi connectivity index (χ1n) is 10.9. The molecule has 1 aliphatic rings. The van der Waals surface area contributed by atoms with Gasteiger partial charge in [0, 0.05) is 25.3 Å². The van der Waals surface area contributed by atoms with Gasteiger partial charge < -0.3 is 25.0 Å². The van der Waals surface area contributed by atoms with Crippen LogP contribution >= 0.6 is 0 Å². The molecule has 1 aromatic heterocycles. The minimum Gasteiger partial charge on any atom is -0.481 e. The van der Waals surface area contributed by atoms with E-state index in [0.717, 1.165) is 22.3 Å². The number of carboxylic acid groups (broad SMARTS) is 1. The summed E-state index contributed by atoms with van der Waals surface area (Å²) in [5.41, 5.74) is 4.34. The highest BCUT2D eigenvalue weighted by molar-refractivity contribution is 5.86. The SMILES string of the molecule is O=C(O)CCC(NC(=O)OCC1c2ccccc2-c2ccccc21)C(=O)NCCc1ncno1. The lowest BCUT2D eigenvalue weighted by atomic mass is 9.98. The molecule has 2 amide bonds. The molecule has 34 heavy (non-hydrogen) atoms. The smallest absolute Gasteiger partial charge is 0.407 e. The predicted molar refractivity (Wildman–Crippen MR) is 120 cm³/mol. The lowest BCUT2D eigenvalue weighted by Crippen LogP contribution is -2.47. The highest BCUT2D eigenvalue weighted by Gasteiger charge is 2.30. The second kappa shape index (κ2) is 10.6. The summed E-state index contributed by atoms with van der Waals surface area (Å²) in [6.45, 7) is 0.279. The van der Waals surface area contributed by atoms with Crippen molar-refractivity contribution in [1.82, 2.24) is 20.8 Å². The number of carbonyl (C=O) groups is 3. The van der Waals surface area contributed by atoms with Crippen LogP contribution in [0, 0.1) is 0 Å². The lowest BCUT2D eigenvalue weighted by molar-refractivity contribution is -0.137. The number of rotatable bonds is 10. The minimum atomic E-state index is -1.07. The summed E-state index contributed by atoms with van der Waals surface area (Å²) < 4.78 is 10.3. The number of nitrogens with one attached hydrogen (secondary N) is 2. The number of aromatic nitrogens is 2. The molecular weight excluding hydrogens is 440 g/mol. The van der Waals surface area contributed by atoms with Crippen LogP contribution in [0.25, 0.3) is 11.1 Å². The first-order chi connectivity index (χ1) is 16.5. The number of carboxylic acids is 1. The Morgan fingerprint density at radius 3 is 2.35 bits per heavy atom. The average Bonchev–Trinajstić information content (AvgIpc) is 3.46. The Labute approximate surface area is 195 Å². The third-order valence-electron chi connectivity index (χ3n) is 5.64. The van der Waals surface area contributed by atoms with Crippen molar-refractivity contribution in [3.8, 4) is 11.1 Å². The second-order valence-corrected chi connectivity index (χ2v) is 7.83. The van der Waals surface area contributed by atoms with Gasteiger partial charge in [-0.05, 0) is 28.7 Å². The van der Waals surface area contributed by atoms with E-state index in [1.165, 1.54) is 6.33 Å². The number of ether oxygens (including phenoxy) is 1. The maximum atomic E-state index is 12.6. The molecule has 10 heteroatoms. The normalized spacial score (nSPS) is 12.9. The Balaban J connectivity index is 1.36. The van der Waals surface area contributed by atoms with Gasteiger partial charge in [-0.1, -0.05) is 53.7 Å². The molecule has 3 aromatic rings. The van der Waals surface area contributed by atoms with E-state index >= 15 is 0 Å². The molecule has 1 atom stereocenters. The number of alkyl carbamates (subject to hydrolysis) is 1. The molecular formula is C24H24N4O6. The summed E-state index contributed by atoms with van der Waals surface area (Å²) in [4.78, 5) is 40.0. The summed E-state index contributed by atoms with van der Waals surface area (Å²) >= 11 is 0. The van der Waals surface area contributed by atoms with Crippen LogP contribution in [0.15, 0.2) is 59.4 Å². The standard InChI is InChI=1S/C24H24N4O6/c29-22(30)10-9-20(23(31)25-12-11-21-26-14-27-34-21)28-24(32)33-13-19-17-7-3-1-5-15(17)16-6-2-4-8-18(16)19/h1-8,14,19-20H,9-13H2,(H,25,31)(H,28,32)(H,29,30). The van der Waals surface area contributed by atoms with E-state index in [2.05, 4.69) is 20.8 Å². The van der Waals surface area contributed by atoms with Crippen LogP contribution in [-0.2, 0) is 20.7 Å². The highest BCUT2D eigenvalue weighted by Crippen LogP contribution is 2.44. The van der Waals surface area contributed by atoms with Crippen LogP contribution in [0.2, 0.25) is 0 Å². The predicted octanol–water partition coefficient (Wildman–Crippen LogP) is 2.50. The maximum absolute atomic E-state index is 12.6. The van der Waals surface area contributed by atoms with Crippen LogP contribution in [0.4, 0.5) is 4.79 Å². The first-order valence-corrected chi connectivity index (χ1v) is 10.9. The van der Waals surface area contributed by atoms with E-state index in [-0.39, 0.29) is 31.9 Å². The fourth-order valence-electron chi connectivity index (χ4n) is 4.04. The molecule has 0 spiro atoms. The van der Waals surface area contributed by atoms with Crippen molar-refractivity contribution in [2.75, 3.05) is 13.2 Å². The quantitative estimate of drug-likeness (QED) is 0.415. The molecule has 2 aromatic carbocycles. The highest BCUT2D eigenvalue weighted by atomic mass is 16.5. The molecule has 0 saturated carbocycles. The number of fused-ring (bicyclic) bond motifs is 3. The maximum Gasteiger partial charge on any atom is 0.407 e. The van der Waals surface area contributed by atoms with Crippen molar-refractivity contribution < 1.29 is 28.8 Å². The zero-order valence-corrected chi connectivity index (χ0v) is 18.3. The minimum absolute atomic E-state index is 0.0775. The molecule has 10 nitrogen and oxygen atoms in total. The van der Waals surface area contributed by atoms with Crippen LogP contribution in [0.1, 0.15) is 35.8 Å². The number of benzene rings is 2. The van der Waals surface area contributed by atoms with E-state index in [4.69, 9.17) is 14.4 Å². The Kier molecular flexibility index (Phi) is 7.16. The van der Waals surface area contributed by atoms with Gasteiger partial charge >= 0.3 is 12.1 Å². The Hall–Kier alpha value is -4.21. The molecule has 176 valence electrons. The van der Waals surface area contributed by atoms with E-state index in [1.54, 1.807) is 0 Å². The van der Waals surface area contributed by atoms with Crippen molar-refractivity contribution >= 4 is 18.0 Å². The van der Waals surface area contributed by atoms with Crippen LogP contribution in [-0.4, -0.2) is 52.4 Å². The topological polar surface area (TPSA) is 144 Å². The van der Waals surface area contributed by atoms with Gasteiger partial charge in [0.1, 0.15) is 12.6 Å². The van der Waals surface area contributed by atoms with Gasteiger partial charge in [-0.3, -0.25) is 9.59 Å². The largest absolute Gasteiger partial charge is 0.481 e. The Morgan fingerprint density at radius 2 is 1.74 bits per heavy atom. The van der Waals surface area contributed by atoms with Crippen molar-refractivity contribution in [2.24, 2.45) is 0 Å². The summed E-state index contributed by atoms with van der Waals surface area (Å²) in [6.07, 6.45) is 0.412. The molecule has 0 saturated heterocycles. The van der Waals surface area contributed by atoms with Gasteiger partial charge in [-0.15, -0.1) is 0 Å². The van der Waals surface area contributed by atoms with Gasteiger partial charge in [-0.25, -0.2) is 4.79 Å². The molecule has 3 N–H and O–H groups in total. The zero-order valence-electron chi connectivity index (χ0n) is 18.3. The summed E-state index contributed by atoms with van der Waals surface area (Å²) in [7, 11) is 0. The Bertz CT molecular complexity index is 1120. The van der Waals surface area contributed by atoms with E-state index in [9.17, 15) is 14.4 Å². The second-order valence-electron chi connectivity index (χ2n) is 7.83. The fraction of sp³-hybridized carbons (Fsp3) is 0.292. The monoisotopic (exact) mass is 464 g/mol. The lowest BCUT2D eigenvalue weighted by Gasteiger charge is -2.19. The molecule has 0 radical (unpaired) electrons. The van der Waals surface area contributed by atoms with Crippen molar-refractivity contribution in [1.29, 1.82) is 0 Å². The summed E-state index contributed by atoms with van der Waals surface area (Å²) in [6, 6.07) is 14.8. The van der Waals surface area contributed by atoms with Gasteiger partial charge in [-0.2, -0.15) is 4.98 Å². The third-order valence-corrected chi connectivity index (χ3v) is 5.64. The van der Waals surface area contributed by atoms with Gasteiger partial charge in [0.05, 0.1) is 0 Å². The van der Waals surface area contributed by atoms with Gasteiger partial charge in [0.15, 0.2) is 6.33 Å². The average molecular weight is 464 g/mol. The van der Waals surface area contributed by atoms with Crippen LogP contribution in [0.5, 0.6) is 0 Å². The molecule has 0 aliphatic heterocycles. The number of hydrogen-bond donors (Lipinski definition) is 3. The van der Waals surface area contributed by atoms with E-state index < -0.39 is 24.0 Å². The molecule has 1 unspecified atom stereocenters. The number of nitrogens with zero attached hydrogens (tertiary/aromatic N) is 2. The van der Waals surface area contributed by atoms with E-state index in [0.29, 0.717) is 12.3 Å². The fourth-order valence-corrected chi connectivity index (χ4v) is 4.04. The van der Waals surface area contributed by atoms with Crippen molar-refractivity contribution in [3.63, 3.8) is 0 Å². The number of aliphatic carboxylic acids is 1. The van der Waals surface area contributed by atoms with Crippen LogP contribution in [0.3, 0.4) is 0 Å². The first kappa shape index (κ1) is 23.0. The van der Waals surface area contributed by atoms with Crippen molar-refractivity contribution in [2.45, 2.75) is 31.2 Å². The van der Waals surface area contributed by atoms with Crippen LogP contribution < -0.4 is 10.6 Å². The Morgan fingerprint density at radius 1 is 1.06 bits per heavy atom. The summed E-state index contributed by atoms with van der Waals surface area (Å²) in [5, 5.41) is 17.6. The molecule has 0 fully saturated rings. The molecule has 1 aliphatic carbocycles. The third kappa shape index (κ3) is 5.40. The number of hydrogen-bond acceptors (Lipinski definition) is 7. The molecule has 1 heterocycles. The molecule has 4 rings (SSSR count). The molecule has 0 bridgehead atoms. The van der Waals surface area contributed by atoms with Gasteiger partial charge in [0.25, 0.3) is 0 Å². The number of amides is 2. The summed E-state index contributed by atoms with van der Waals surface area (Å²) in [5.74, 6) is -1.36. The van der Waals surface area contributed by atoms with E-state index in [1.807, 2.05) is 48.5 Å².